The minimum absolute atomic E-state index is 0.215. The number of benzene rings is 1. The van der Waals surface area contributed by atoms with E-state index in [4.69, 9.17) is 0 Å². The first-order valence-electron chi connectivity index (χ1n) is 4.51. The molecule has 0 unspecified atom stereocenters. The van der Waals surface area contributed by atoms with Gasteiger partial charge in [-0.25, -0.2) is 9.37 Å². The summed E-state index contributed by atoms with van der Waals surface area (Å²) in [4.78, 5) is 4.20. The predicted molar refractivity (Wildman–Crippen MR) is 58.6 cm³/mol. The Balaban J connectivity index is 2.49. The van der Waals surface area contributed by atoms with Crippen LogP contribution in [-0.2, 0) is 0 Å². The normalized spacial score (nSPS) is 10.6. The molecule has 0 amide bonds. The van der Waals surface area contributed by atoms with Crippen LogP contribution in [-0.4, -0.2) is 10.1 Å². The van der Waals surface area contributed by atoms with Crippen molar-refractivity contribution in [3.63, 3.8) is 0 Å². The lowest BCUT2D eigenvalue weighted by Gasteiger charge is -1.99. The Bertz CT molecular complexity index is 488. The quantitative estimate of drug-likeness (QED) is 0.804. The van der Waals surface area contributed by atoms with Crippen LogP contribution >= 0.6 is 11.3 Å². The lowest BCUT2D eigenvalue weighted by molar-refractivity contribution is 0.485. The molecule has 0 fully saturated rings. The van der Waals surface area contributed by atoms with E-state index in [1.807, 2.05) is 0 Å². The Labute approximate surface area is 91.0 Å². The molecule has 0 spiro atoms. The fourth-order valence-corrected chi connectivity index (χ4v) is 2.09. The molecule has 78 valence electrons. The summed E-state index contributed by atoms with van der Waals surface area (Å²) in [5.74, 6) is -0.226. The average molecular weight is 223 g/mol. The number of nitrogens with zero attached hydrogens (tertiary/aromatic N) is 1. The number of halogens is 1. The zero-order chi connectivity index (χ0) is 11.0. The monoisotopic (exact) mass is 223 g/mol. The average Bonchev–Trinajstić information content (AvgIpc) is 2.52. The van der Waals surface area contributed by atoms with Crippen molar-refractivity contribution < 1.29 is 9.50 Å². The minimum atomic E-state index is -0.226. The number of aromatic hydroxyl groups is 1. The van der Waals surface area contributed by atoms with E-state index >= 15 is 0 Å². The highest BCUT2D eigenvalue weighted by molar-refractivity contribution is 7.16. The van der Waals surface area contributed by atoms with Gasteiger partial charge in [0.2, 0.25) is 0 Å². The smallest absolute Gasteiger partial charge is 0.195 e. The molecule has 0 aliphatic rings. The molecule has 2 nitrogen and oxygen atoms in total. The molecule has 1 heterocycles. The van der Waals surface area contributed by atoms with Crippen LogP contribution in [0.1, 0.15) is 11.3 Å². The maximum atomic E-state index is 13.0. The van der Waals surface area contributed by atoms with Crippen LogP contribution in [0.2, 0.25) is 0 Å². The van der Waals surface area contributed by atoms with Gasteiger partial charge in [0.1, 0.15) is 10.8 Å². The van der Waals surface area contributed by atoms with Crippen LogP contribution in [0.5, 0.6) is 5.06 Å². The first-order chi connectivity index (χ1) is 7.08. The van der Waals surface area contributed by atoms with Crippen molar-refractivity contribution in [3.8, 4) is 15.6 Å². The summed E-state index contributed by atoms with van der Waals surface area (Å²) in [6, 6.07) is 4.81. The minimum Gasteiger partial charge on any atom is -0.498 e. The highest BCUT2D eigenvalue weighted by Gasteiger charge is 2.09. The maximum absolute atomic E-state index is 13.0. The molecule has 0 atom stereocenters. The number of aryl methyl sites for hydroxylation is 2. The second-order valence-corrected chi connectivity index (χ2v) is 4.35. The van der Waals surface area contributed by atoms with Gasteiger partial charge in [-0.1, -0.05) is 11.3 Å². The van der Waals surface area contributed by atoms with Crippen molar-refractivity contribution >= 4 is 11.3 Å². The van der Waals surface area contributed by atoms with E-state index in [0.717, 1.165) is 5.56 Å². The molecular weight excluding hydrogens is 213 g/mol. The molecule has 2 rings (SSSR count). The first-order valence-corrected chi connectivity index (χ1v) is 5.32. The SMILES string of the molecule is Cc1cc(-c2nc(C)c(O)s2)ccc1F. The lowest BCUT2D eigenvalue weighted by Crippen LogP contribution is -1.83. The molecule has 0 radical (unpaired) electrons. The Hall–Kier alpha value is -1.42. The van der Waals surface area contributed by atoms with Gasteiger partial charge in [-0.05, 0) is 37.6 Å². The zero-order valence-corrected chi connectivity index (χ0v) is 9.23. The molecule has 4 heteroatoms. The van der Waals surface area contributed by atoms with Crippen molar-refractivity contribution in [2.75, 3.05) is 0 Å². The third-order valence-corrected chi connectivity index (χ3v) is 3.19. The summed E-state index contributed by atoms with van der Waals surface area (Å²) < 4.78 is 13.0. The largest absolute Gasteiger partial charge is 0.498 e. The van der Waals surface area contributed by atoms with Crippen LogP contribution < -0.4 is 0 Å². The van der Waals surface area contributed by atoms with Crippen molar-refractivity contribution in [2.45, 2.75) is 13.8 Å². The van der Waals surface area contributed by atoms with Gasteiger partial charge in [0, 0.05) is 5.56 Å². The topological polar surface area (TPSA) is 33.1 Å². The van der Waals surface area contributed by atoms with Crippen LogP contribution in [0, 0.1) is 19.7 Å². The molecule has 0 saturated carbocycles. The summed E-state index contributed by atoms with van der Waals surface area (Å²) in [6.07, 6.45) is 0. The van der Waals surface area contributed by atoms with Crippen LogP contribution in [0.25, 0.3) is 10.6 Å². The Morgan fingerprint density at radius 2 is 2.07 bits per heavy atom. The fourth-order valence-electron chi connectivity index (χ4n) is 1.29. The van der Waals surface area contributed by atoms with Gasteiger partial charge in [-0.2, -0.15) is 0 Å². The van der Waals surface area contributed by atoms with Crippen molar-refractivity contribution in [3.05, 3.63) is 35.3 Å². The molecule has 15 heavy (non-hydrogen) atoms. The molecule has 1 N–H and O–H groups in total. The Morgan fingerprint density at radius 1 is 1.33 bits per heavy atom. The lowest BCUT2D eigenvalue weighted by atomic mass is 10.1. The summed E-state index contributed by atoms with van der Waals surface area (Å²) in [6.45, 7) is 3.45. The van der Waals surface area contributed by atoms with Crippen LogP contribution in [0.15, 0.2) is 18.2 Å². The molecular formula is C11H10FNOS. The number of hydrogen-bond donors (Lipinski definition) is 1. The van der Waals surface area contributed by atoms with Gasteiger partial charge >= 0.3 is 0 Å². The van der Waals surface area contributed by atoms with Crippen molar-refractivity contribution in [1.82, 2.24) is 4.98 Å². The van der Waals surface area contributed by atoms with Gasteiger partial charge in [0.05, 0.1) is 5.69 Å². The molecule has 0 saturated heterocycles. The maximum Gasteiger partial charge on any atom is 0.195 e. The second-order valence-electron chi connectivity index (χ2n) is 3.37. The van der Waals surface area contributed by atoms with Crippen LogP contribution in [0.3, 0.4) is 0 Å². The van der Waals surface area contributed by atoms with Crippen LogP contribution in [0.4, 0.5) is 4.39 Å². The number of hydrogen-bond acceptors (Lipinski definition) is 3. The highest BCUT2D eigenvalue weighted by atomic mass is 32.1. The van der Waals surface area contributed by atoms with E-state index in [-0.39, 0.29) is 10.9 Å². The molecule has 0 bridgehead atoms. The standard InChI is InChI=1S/C11H10FNOS/c1-6-5-8(3-4-9(6)12)10-13-7(2)11(14)15-10/h3-5,14H,1-2H3. The third-order valence-electron chi connectivity index (χ3n) is 2.18. The van der Waals surface area contributed by atoms with E-state index < -0.39 is 0 Å². The van der Waals surface area contributed by atoms with E-state index in [2.05, 4.69) is 4.98 Å². The second kappa shape index (κ2) is 3.62. The molecule has 2 aromatic rings. The van der Waals surface area contributed by atoms with E-state index in [1.165, 1.54) is 17.4 Å². The van der Waals surface area contributed by atoms with E-state index in [9.17, 15) is 9.50 Å². The predicted octanol–water partition coefficient (Wildman–Crippen LogP) is 3.27. The summed E-state index contributed by atoms with van der Waals surface area (Å²) in [5, 5.41) is 10.3. The number of aromatic nitrogens is 1. The highest BCUT2D eigenvalue weighted by Crippen LogP contribution is 2.32. The molecule has 1 aromatic heterocycles. The zero-order valence-electron chi connectivity index (χ0n) is 8.41. The van der Waals surface area contributed by atoms with Gasteiger partial charge in [0.15, 0.2) is 5.06 Å². The fraction of sp³-hybridized carbons (Fsp3) is 0.182. The van der Waals surface area contributed by atoms with Gasteiger partial charge < -0.3 is 5.11 Å². The summed E-state index contributed by atoms with van der Waals surface area (Å²) >= 11 is 1.20. The van der Waals surface area contributed by atoms with Gasteiger partial charge in [-0.15, -0.1) is 0 Å². The number of thiazole rings is 1. The molecule has 0 aliphatic heterocycles. The van der Waals surface area contributed by atoms with Crippen molar-refractivity contribution in [1.29, 1.82) is 0 Å². The number of rotatable bonds is 1. The van der Waals surface area contributed by atoms with Gasteiger partial charge in [-0.3, -0.25) is 0 Å². The summed E-state index contributed by atoms with van der Waals surface area (Å²) in [7, 11) is 0. The molecule has 0 aliphatic carbocycles. The Kier molecular flexibility index (Phi) is 2.44. The Morgan fingerprint density at radius 3 is 2.60 bits per heavy atom. The van der Waals surface area contributed by atoms with E-state index in [1.54, 1.807) is 26.0 Å². The van der Waals surface area contributed by atoms with Crippen molar-refractivity contribution in [2.24, 2.45) is 0 Å². The molecule has 1 aromatic carbocycles. The van der Waals surface area contributed by atoms with Gasteiger partial charge in [0.25, 0.3) is 0 Å². The third kappa shape index (κ3) is 1.85. The summed E-state index contributed by atoms with van der Waals surface area (Å²) in [5.41, 5.74) is 2.03. The first kappa shape index (κ1) is 10.1. The van der Waals surface area contributed by atoms with E-state index in [0.29, 0.717) is 16.3 Å².